The molecule has 3 heterocycles. The van der Waals surface area contributed by atoms with Crippen molar-refractivity contribution in [3.63, 3.8) is 0 Å². The molecule has 0 spiro atoms. The number of thiazole rings is 1. The number of nitrogens with one attached hydrogen (secondary N) is 2. The lowest BCUT2D eigenvalue weighted by molar-refractivity contribution is -0.116. The first-order valence-electron chi connectivity index (χ1n) is 7.31. The summed E-state index contributed by atoms with van der Waals surface area (Å²) in [6.45, 7) is 2.15. The molecule has 1 saturated heterocycles. The minimum absolute atomic E-state index is 0.0499. The van der Waals surface area contributed by atoms with E-state index in [1.54, 1.807) is 6.26 Å². The number of rotatable bonds is 5. The molecule has 1 aliphatic rings. The van der Waals surface area contributed by atoms with Gasteiger partial charge in [-0.3, -0.25) is 4.79 Å². The average Bonchev–Trinajstić information content (AvgIpc) is 3.17. The molecule has 0 atom stereocenters. The van der Waals surface area contributed by atoms with Crippen LogP contribution in [-0.4, -0.2) is 24.0 Å². The molecular formula is C15H19N3O2S. The smallest absolute Gasteiger partial charge is 0.226 e. The Bertz CT molecular complexity index is 574. The van der Waals surface area contributed by atoms with E-state index in [-0.39, 0.29) is 5.91 Å². The van der Waals surface area contributed by atoms with E-state index >= 15 is 0 Å². The van der Waals surface area contributed by atoms with E-state index in [0.717, 1.165) is 31.0 Å². The van der Waals surface area contributed by atoms with Crippen LogP contribution in [0.3, 0.4) is 0 Å². The molecule has 0 saturated carbocycles. The zero-order valence-corrected chi connectivity index (χ0v) is 12.6. The summed E-state index contributed by atoms with van der Waals surface area (Å²) >= 11 is 1.42. The average molecular weight is 305 g/mol. The molecule has 2 aromatic heterocycles. The molecule has 1 aliphatic heterocycles. The van der Waals surface area contributed by atoms with E-state index in [1.165, 1.54) is 24.2 Å². The minimum Gasteiger partial charge on any atom is -0.463 e. The molecule has 2 aromatic rings. The normalized spacial score (nSPS) is 16.0. The fourth-order valence-electron chi connectivity index (χ4n) is 2.56. The highest BCUT2D eigenvalue weighted by molar-refractivity contribution is 7.14. The SMILES string of the molecule is O=C(CCC1CCNCC1)Nc1nc(-c2ccco2)cs1. The number of carbonyl (C=O) groups excluding carboxylic acids is 1. The standard InChI is InChI=1S/C15H19N3O2S/c19-14(4-3-11-5-7-16-8-6-11)18-15-17-12(10-21-15)13-2-1-9-20-13/h1-2,9-11,16H,3-8H2,(H,17,18,19). The zero-order chi connectivity index (χ0) is 14.5. The highest BCUT2D eigenvalue weighted by Gasteiger charge is 2.15. The van der Waals surface area contributed by atoms with Crippen molar-refractivity contribution in [1.82, 2.24) is 10.3 Å². The van der Waals surface area contributed by atoms with E-state index in [2.05, 4.69) is 15.6 Å². The maximum atomic E-state index is 12.0. The van der Waals surface area contributed by atoms with Gasteiger partial charge in [0.05, 0.1) is 6.26 Å². The summed E-state index contributed by atoms with van der Waals surface area (Å²) in [5, 5.41) is 8.74. The van der Waals surface area contributed by atoms with Crippen LogP contribution in [0.1, 0.15) is 25.7 Å². The molecule has 1 amide bonds. The fraction of sp³-hybridized carbons (Fsp3) is 0.467. The van der Waals surface area contributed by atoms with Gasteiger partial charge in [-0.25, -0.2) is 4.98 Å². The molecule has 0 radical (unpaired) electrons. The topological polar surface area (TPSA) is 67.2 Å². The quantitative estimate of drug-likeness (QED) is 0.890. The minimum atomic E-state index is 0.0499. The predicted octanol–water partition coefficient (Wildman–Crippen LogP) is 3.12. The first-order chi connectivity index (χ1) is 10.3. The number of hydrogen-bond acceptors (Lipinski definition) is 5. The van der Waals surface area contributed by atoms with E-state index < -0.39 is 0 Å². The highest BCUT2D eigenvalue weighted by Crippen LogP contribution is 2.25. The Morgan fingerprint density at radius 3 is 3.10 bits per heavy atom. The molecule has 0 aromatic carbocycles. The Kier molecular flexibility index (Phi) is 4.67. The van der Waals surface area contributed by atoms with Crippen LogP contribution in [0.15, 0.2) is 28.2 Å². The number of amides is 1. The van der Waals surface area contributed by atoms with Crippen LogP contribution in [0.2, 0.25) is 0 Å². The number of piperidine rings is 1. The second kappa shape index (κ2) is 6.87. The Morgan fingerprint density at radius 1 is 1.48 bits per heavy atom. The molecule has 112 valence electrons. The van der Waals surface area contributed by atoms with Gasteiger partial charge in [0.1, 0.15) is 5.69 Å². The van der Waals surface area contributed by atoms with Gasteiger partial charge in [-0.1, -0.05) is 0 Å². The first kappa shape index (κ1) is 14.3. The molecule has 2 N–H and O–H groups in total. The summed E-state index contributed by atoms with van der Waals surface area (Å²) in [6, 6.07) is 3.68. The third kappa shape index (κ3) is 3.92. The monoisotopic (exact) mass is 305 g/mol. The number of anilines is 1. The van der Waals surface area contributed by atoms with Gasteiger partial charge in [-0.05, 0) is 50.4 Å². The van der Waals surface area contributed by atoms with E-state index in [0.29, 0.717) is 17.5 Å². The van der Waals surface area contributed by atoms with Crippen molar-refractivity contribution in [2.45, 2.75) is 25.7 Å². The molecule has 1 fully saturated rings. The van der Waals surface area contributed by atoms with Crippen molar-refractivity contribution in [3.8, 4) is 11.5 Å². The lowest BCUT2D eigenvalue weighted by Crippen LogP contribution is -2.28. The molecule has 3 rings (SSSR count). The van der Waals surface area contributed by atoms with Crippen LogP contribution < -0.4 is 10.6 Å². The second-order valence-electron chi connectivity index (χ2n) is 5.30. The zero-order valence-electron chi connectivity index (χ0n) is 11.8. The van der Waals surface area contributed by atoms with Gasteiger partial charge in [0, 0.05) is 11.8 Å². The van der Waals surface area contributed by atoms with E-state index in [4.69, 9.17) is 4.42 Å². The Hall–Kier alpha value is -1.66. The largest absolute Gasteiger partial charge is 0.463 e. The van der Waals surface area contributed by atoms with Crippen LogP contribution in [0.5, 0.6) is 0 Å². The van der Waals surface area contributed by atoms with Crippen LogP contribution in [0.25, 0.3) is 11.5 Å². The molecule has 0 aliphatic carbocycles. The summed E-state index contributed by atoms with van der Waals surface area (Å²) in [5.41, 5.74) is 0.763. The second-order valence-corrected chi connectivity index (χ2v) is 6.15. The molecule has 21 heavy (non-hydrogen) atoms. The van der Waals surface area contributed by atoms with Crippen molar-refractivity contribution >= 4 is 22.4 Å². The Balaban J connectivity index is 1.48. The van der Waals surface area contributed by atoms with Gasteiger partial charge in [-0.15, -0.1) is 11.3 Å². The molecule has 5 nitrogen and oxygen atoms in total. The van der Waals surface area contributed by atoms with Crippen LogP contribution >= 0.6 is 11.3 Å². The van der Waals surface area contributed by atoms with Crippen molar-refractivity contribution < 1.29 is 9.21 Å². The number of carbonyl (C=O) groups is 1. The Morgan fingerprint density at radius 2 is 2.33 bits per heavy atom. The third-order valence-electron chi connectivity index (χ3n) is 3.76. The fourth-order valence-corrected chi connectivity index (χ4v) is 3.27. The van der Waals surface area contributed by atoms with Crippen LogP contribution in [0.4, 0.5) is 5.13 Å². The number of aromatic nitrogens is 1. The number of nitrogens with zero attached hydrogens (tertiary/aromatic N) is 1. The highest BCUT2D eigenvalue weighted by atomic mass is 32.1. The lowest BCUT2D eigenvalue weighted by atomic mass is 9.93. The third-order valence-corrected chi connectivity index (χ3v) is 4.52. The van der Waals surface area contributed by atoms with E-state index in [9.17, 15) is 4.79 Å². The molecule has 0 bridgehead atoms. The molecular weight excluding hydrogens is 286 g/mol. The predicted molar refractivity (Wildman–Crippen MR) is 83.3 cm³/mol. The van der Waals surface area contributed by atoms with Crippen molar-refractivity contribution in [2.24, 2.45) is 5.92 Å². The van der Waals surface area contributed by atoms with Crippen LogP contribution in [-0.2, 0) is 4.79 Å². The summed E-state index contributed by atoms with van der Waals surface area (Å²) in [5.74, 6) is 1.45. The number of hydrogen-bond donors (Lipinski definition) is 2. The maximum Gasteiger partial charge on any atom is 0.226 e. The van der Waals surface area contributed by atoms with Crippen molar-refractivity contribution in [3.05, 3.63) is 23.8 Å². The molecule has 0 unspecified atom stereocenters. The first-order valence-corrected chi connectivity index (χ1v) is 8.19. The van der Waals surface area contributed by atoms with Crippen molar-refractivity contribution in [2.75, 3.05) is 18.4 Å². The van der Waals surface area contributed by atoms with Gasteiger partial charge < -0.3 is 15.1 Å². The Labute approximate surface area is 127 Å². The maximum absolute atomic E-state index is 12.0. The number of furan rings is 1. The van der Waals surface area contributed by atoms with Gasteiger partial charge in [-0.2, -0.15) is 0 Å². The van der Waals surface area contributed by atoms with Gasteiger partial charge in [0.15, 0.2) is 10.9 Å². The lowest BCUT2D eigenvalue weighted by Gasteiger charge is -2.21. The van der Waals surface area contributed by atoms with Gasteiger partial charge >= 0.3 is 0 Å². The van der Waals surface area contributed by atoms with Crippen molar-refractivity contribution in [1.29, 1.82) is 0 Å². The summed E-state index contributed by atoms with van der Waals surface area (Å²) in [4.78, 5) is 16.3. The van der Waals surface area contributed by atoms with Gasteiger partial charge in [0.25, 0.3) is 0 Å². The molecule has 6 heteroatoms. The summed E-state index contributed by atoms with van der Waals surface area (Å²) in [7, 11) is 0. The summed E-state index contributed by atoms with van der Waals surface area (Å²) < 4.78 is 5.29. The van der Waals surface area contributed by atoms with Gasteiger partial charge in [0.2, 0.25) is 5.91 Å². The van der Waals surface area contributed by atoms with E-state index in [1.807, 2.05) is 17.5 Å². The summed E-state index contributed by atoms with van der Waals surface area (Å²) in [6.07, 6.45) is 5.50. The van der Waals surface area contributed by atoms with Crippen LogP contribution in [0, 0.1) is 5.92 Å².